The van der Waals surface area contributed by atoms with Gasteiger partial charge in [-0.2, -0.15) is 0 Å². The number of fused-ring (bicyclic) bond motifs is 8. The second kappa shape index (κ2) is 16.6. The number of aromatic amines is 2. The van der Waals surface area contributed by atoms with Crippen molar-refractivity contribution in [1.29, 1.82) is 0 Å². The second-order valence-corrected chi connectivity index (χ2v) is 13.8. The van der Waals surface area contributed by atoms with Crippen LogP contribution < -0.4 is 14.8 Å². The molecule has 0 aliphatic heterocycles. The third-order valence-corrected chi connectivity index (χ3v) is 10.5. The molecule has 0 atom stereocenters. The summed E-state index contributed by atoms with van der Waals surface area (Å²) < 4.78 is 34.4. The van der Waals surface area contributed by atoms with Crippen molar-refractivity contribution in [2.75, 3.05) is 66.3 Å². The summed E-state index contributed by atoms with van der Waals surface area (Å²) in [5.74, 6) is 1.62. The van der Waals surface area contributed by atoms with Gasteiger partial charge in [-0.25, -0.2) is 0 Å². The third-order valence-electron chi connectivity index (χ3n) is 10.5. The number of hydrogen-bond donors (Lipinski definition) is 3. The highest BCUT2D eigenvalue weighted by Crippen LogP contribution is 2.39. The molecule has 284 valence electrons. The molecule has 8 rings (SSSR count). The first-order chi connectivity index (χ1) is 27.0. The molecule has 11 nitrogen and oxygen atoms in total. The van der Waals surface area contributed by atoms with Crippen molar-refractivity contribution in [3.05, 3.63) is 95.6 Å². The fraction of sp³-hybridized carbons (Fsp3) is 0.318. The Hall–Kier alpha value is -5.30. The predicted octanol–water partition coefficient (Wildman–Crippen LogP) is 8.31. The molecule has 0 fully saturated rings. The molecule has 0 unspecified atom stereocenters. The van der Waals surface area contributed by atoms with E-state index in [2.05, 4.69) is 89.3 Å². The Bertz CT molecular complexity index is 2440. The molecule has 3 N–H and O–H groups in total. The molecule has 0 amide bonds. The van der Waals surface area contributed by atoms with Gasteiger partial charge in [-0.1, -0.05) is 0 Å². The van der Waals surface area contributed by atoms with Gasteiger partial charge in [-0.05, 0) is 109 Å². The summed E-state index contributed by atoms with van der Waals surface area (Å²) in [5.41, 5.74) is 9.39. The highest BCUT2D eigenvalue weighted by molar-refractivity contribution is 6.17. The van der Waals surface area contributed by atoms with Gasteiger partial charge in [0.1, 0.15) is 38.3 Å². The predicted molar refractivity (Wildman–Crippen MR) is 219 cm³/mol. The van der Waals surface area contributed by atoms with Crippen LogP contribution >= 0.6 is 0 Å². The maximum absolute atomic E-state index is 6.01. The lowest BCUT2D eigenvalue weighted by Gasteiger charge is -2.10. The van der Waals surface area contributed by atoms with Crippen molar-refractivity contribution in [3.8, 4) is 11.5 Å². The molecule has 8 aromatic rings. The zero-order chi connectivity index (χ0) is 37.7. The van der Waals surface area contributed by atoms with Crippen molar-refractivity contribution in [2.45, 2.75) is 27.7 Å². The van der Waals surface area contributed by atoms with E-state index in [1.807, 2.05) is 36.9 Å². The van der Waals surface area contributed by atoms with Crippen LogP contribution in [0.15, 0.2) is 73.3 Å². The van der Waals surface area contributed by atoms with Gasteiger partial charge in [0.15, 0.2) is 0 Å². The molecule has 55 heavy (non-hydrogen) atoms. The Kier molecular flexibility index (Phi) is 11.1. The van der Waals surface area contributed by atoms with E-state index in [0.29, 0.717) is 52.7 Å². The Morgan fingerprint density at radius 1 is 0.491 bits per heavy atom. The Morgan fingerprint density at radius 3 is 1.42 bits per heavy atom. The van der Waals surface area contributed by atoms with E-state index < -0.39 is 0 Å². The minimum Gasteiger partial charge on any atom is -0.491 e. The third kappa shape index (κ3) is 7.54. The molecule has 4 heterocycles. The van der Waals surface area contributed by atoms with E-state index in [4.69, 9.17) is 28.4 Å². The van der Waals surface area contributed by atoms with Gasteiger partial charge in [-0.15, -0.1) is 0 Å². The van der Waals surface area contributed by atoms with Gasteiger partial charge in [0.05, 0.1) is 37.5 Å². The van der Waals surface area contributed by atoms with Gasteiger partial charge < -0.3 is 43.7 Å². The Balaban J connectivity index is 0.670. The highest BCUT2D eigenvalue weighted by Gasteiger charge is 2.16. The zero-order valence-electron chi connectivity index (χ0n) is 31.8. The molecule has 0 saturated heterocycles. The van der Waals surface area contributed by atoms with Crippen LogP contribution in [0.5, 0.6) is 11.5 Å². The van der Waals surface area contributed by atoms with Crippen LogP contribution in [0, 0.1) is 27.7 Å². The van der Waals surface area contributed by atoms with Crippen molar-refractivity contribution in [2.24, 2.45) is 0 Å². The minimum atomic E-state index is 0.211. The molecule has 4 aromatic heterocycles. The first-order valence-electron chi connectivity index (χ1n) is 18.8. The summed E-state index contributed by atoms with van der Waals surface area (Å²) in [6.45, 7) is 13.2. The van der Waals surface area contributed by atoms with E-state index in [1.165, 1.54) is 54.6 Å². The first kappa shape index (κ1) is 36.7. The van der Waals surface area contributed by atoms with Crippen LogP contribution in [-0.4, -0.2) is 86.3 Å². The molecular formula is C44H47N5O6. The SMILES string of the molecule is Cc1c2ccncc2c(C)c2c1[nH]c1ccc(OCCOCOCCNCCOCOCCOc3ccc4[nH]c5c(C)c6ccncc6c(C)c5c4c3)cc12. The average molecular weight is 742 g/mol. The van der Waals surface area contributed by atoms with Crippen LogP contribution in [0.2, 0.25) is 0 Å². The fourth-order valence-electron chi connectivity index (χ4n) is 7.65. The van der Waals surface area contributed by atoms with Crippen molar-refractivity contribution in [3.63, 3.8) is 0 Å². The maximum Gasteiger partial charge on any atom is 0.146 e. The number of H-pyrrole nitrogens is 2. The van der Waals surface area contributed by atoms with Crippen LogP contribution in [-0.2, 0) is 18.9 Å². The monoisotopic (exact) mass is 741 g/mol. The van der Waals surface area contributed by atoms with Gasteiger partial charge in [-0.3, -0.25) is 9.97 Å². The molecule has 0 radical (unpaired) electrons. The summed E-state index contributed by atoms with van der Waals surface area (Å²) in [6, 6.07) is 16.5. The number of ether oxygens (including phenoxy) is 6. The molecule has 0 aliphatic rings. The summed E-state index contributed by atoms with van der Waals surface area (Å²) >= 11 is 0. The maximum atomic E-state index is 6.01. The number of nitrogens with one attached hydrogen (secondary N) is 3. The molecule has 11 heteroatoms. The molecule has 0 aliphatic carbocycles. The van der Waals surface area contributed by atoms with Crippen LogP contribution in [0.3, 0.4) is 0 Å². The number of benzene rings is 4. The minimum absolute atomic E-state index is 0.211. The largest absolute Gasteiger partial charge is 0.491 e. The van der Waals surface area contributed by atoms with Gasteiger partial charge >= 0.3 is 0 Å². The smallest absolute Gasteiger partial charge is 0.146 e. The van der Waals surface area contributed by atoms with Gasteiger partial charge in [0.2, 0.25) is 0 Å². The topological polar surface area (TPSA) is 125 Å². The summed E-state index contributed by atoms with van der Waals surface area (Å²) in [6.07, 6.45) is 7.60. The average Bonchev–Trinajstić information content (AvgIpc) is 3.79. The van der Waals surface area contributed by atoms with Gasteiger partial charge in [0, 0.05) is 81.2 Å². The number of aryl methyl sites for hydroxylation is 4. The number of nitrogens with zero attached hydrogens (tertiary/aromatic N) is 2. The first-order valence-corrected chi connectivity index (χ1v) is 18.8. The lowest BCUT2D eigenvalue weighted by Crippen LogP contribution is -2.25. The zero-order valence-corrected chi connectivity index (χ0v) is 31.8. The normalized spacial score (nSPS) is 12.0. The highest BCUT2D eigenvalue weighted by atomic mass is 16.7. The van der Waals surface area contributed by atoms with Crippen LogP contribution in [0.1, 0.15) is 22.3 Å². The molecule has 4 aromatic carbocycles. The molecular weight excluding hydrogens is 695 g/mol. The summed E-state index contributed by atoms with van der Waals surface area (Å²) in [5, 5.41) is 12.8. The van der Waals surface area contributed by atoms with Crippen molar-refractivity contribution in [1.82, 2.24) is 25.3 Å². The number of rotatable bonds is 18. The number of aromatic nitrogens is 4. The Morgan fingerprint density at radius 2 is 0.945 bits per heavy atom. The lowest BCUT2D eigenvalue weighted by atomic mass is 9.97. The molecule has 0 bridgehead atoms. The Labute approximate surface area is 319 Å². The second-order valence-electron chi connectivity index (χ2n) is 13.8. The van der Waals surface area contributed by atoms with E-state index in [9.17, 15) is 0 Å². The number of pyridine rings is 2. The summed E-state index contributed by atoms with van der Waals surface area (Å²) in [4.78, 5) is 15.9. The molecule has 0 spiro atoms. The van der Waals surface area contributed by atoms with Crippen LogP contribution in [0.25, 0.3) is 65.2 Å². The standard InChI is InChI=1S/C44H47N5O6/c1-27-37-23-46-11-9-33(37)29(3)43-41(27)35-21-31(5-7-39(35)48-43)54-19-17-52-25-50-15-13-45-14-16-51-26-53-18-20-55-32-6-8-40-36(22-32)42-28(2)38-24-47-12-10-34(38)30(4)44(42)49-40/h5-12,21-24,45,48-49H,13-20,25-26H2,1-4H3. The van der Waals surface area contributed by atoms with E-state index >= 15 is 0 Å². The van der Waals surface area contributed by atoms with Crippen molar-refractivity contribution < 1.29 is 28.4 Å². The van der Waals surface area contributed by atoms with Crippen LogP contribution in [0.4, 0.5) is 0 Å². The van der Waals surface area contributed by atoms with Crippen molar-refractivity contribution >= 4 is 65.2 Å². The number of hydrogen-bond acceptors (Lipinski definition) is 9. The molecule has 0 saturated carbocycles. The van der Waals surface area contributed by atoms with E-state index in [1.54, 1.807) is 0 Å². The van der Waals surface area contributed by atoms with E-state index in [-0.39, 0.29) is 13.6 Å². The van der Waals surface area contributed by atoms with Gasteiger partial charge in [0.25, 0.3) is 0 Å². The summed E-state index contributed by atoms with van der Waals surface area (Å²) in [7, 11) is 0. The fourth-order valence-corrected chi connectivity index (χ4v) is 7.65. The lowest BCUT2D eigenvalue weighted by molar-refractivity contribution is -0.0634. The van der Waals surface area contributed by atoms with E-state index in [0.717, 1.165) is 44.3 Å². The quantitative estimate of drug-likeness (QED) is 0.0588.